The van der Waals surface area contributed by atoms with E-state index in [1.165, 1.54) is 19.4 Å². The highest BCUT2D eigenvalue weighted by Crippen LogP contribution is 2.23. The normalized spacial score (nSPS) is 22.6. The van der Waals surface area contributed by atoms with Crippen LogP contribution in [0, 0.1) is 0 Å². The molecule has 1 aromatic heterocycles. The summed E-state index contributed by atoms with van der Waals surface area (Å²) < 4.78 is 31.2. The van der Waals surface area contributed by atoms with E-state index in [-0.39, 0.29) is 16.5 Å². The van der Waals surface area contributed by atoms with Crippen molar-refractivity contribution >= 4 is 16.0 Å². The van der Waals surface area contributed by atoms with Crippen molar-refractivity contribution in [2.45, 2.75) is 29.9 Å². The Bertz CT molecular complexity index is 581. The Morgan fingerprint density at radius 1 is 1.53 bits per heavy atom. The van der Waals surface area contributed by atoms with Gasteiger partial charge in [-0.1, -0.05) is 0 Å². The average molecular weight is 286 g/mol. The molecule has 1 aliphatic carbocycles. The first-order valence-electron chi connectivity index (χ1n) is 5.67. The van der Waals surface area contributed by atoms with Crippen molar-refractivity contribution in [3.05, 3.63) is 24.0 Å². The number of aliphatic hydroxyl groups excluding tert-OH is 1. The lowest BCUT2D eigenvalue weighted by molar-refractivity contribution is 0.0594. The van der Waals surface area contributed by atoms with Crippen molar-refractivity contribution < 1.29 is 23.1 Å². The zero-order valence-corrected chi connectivity index (χ0v) is 11.1. The zero-order chi connectivity index (χ0) is 14.0. The standard InChI is InChI=1S/C11H14N2O5S/c1-18-11(15)9-2-3-12-6-10(9)19(16,17)13-7-4-8(14)5-7/h2-3,6-8,13-14H,4-5H2,1H3. The Kier molecular flexibility index (Phi) is 3.83. The molecule has 104 valence electrons. The second-order valence-corrected chi connectivity index (χ2v) is 5.99. The second-order valence-electron chi connectivity index (χ2n) is 4.31. The maximum absolute atomic E-state index is 12.1. The SMILES string of the molecule is COC(=O)c1ccncc1S(=O)(=O)NC1CC(O)C1. The van der Waals surface area contributed by atoms with Crippen LogP contribution >= 0.6 is 0 Å². The van der Waals surface area contributed by atoms with E-state index in [0.717, 1.165) is 6.20 Å². The van der Waals surface area contributed by atoms with Crippen molar-refractivity contribution in [3.63, 3.8) is 0 Å². The molecular formula is C11H14N2O5S. The van der Waals surface area contributed by atoms with Crippen LogP contribution in [0.15, 0.2) is 23.4 Å². The molecule has 2 rings (SSSR count). The van der Waals surface area contributed by atoms with Crippen LogP contribution in [0.3, 0.4) is 0 Å². The number of aromatic nitrogens is 1. The Morgan fingerprint density at radius 2 is 2.21 bits per heavy atom. The van der Waals surface area contributed by atoms with E-state index < -0.39 is 22.1 Å². The molecule has 0 unspecified atom stereocenters. The zero-order valence-electron chi connectivity index (χ0n) is 10.2. The van der Waals surface area contributed by atoms with Gasteiger partial charge in [0.1, 0.15) is 4.90 Å². The molecule has 0 radical (unpaired) electrons. The van der Waals surface area contributed by atoms with Gasteiger partial charge in [-0.25, -0.2) is 17.9 Å². The molecule has 8 heteroatoms. The van der Waals surface area contributed by atoms with Gasteiger partial charge in [0.2, 0.25) is 10.0 Å². The van der Waals surface area contributed by atoms with E-state index in [0.29, 0.717) is 12.8 Å². The number of nitrogens with one attached hydrogen (secondary N) is 1. The van der Waals surface area contributed by atoms with Gasteiger partial charge in [0.15, 0.2) is 0 Å². The van der Waals surface area contributed by atoms with Gasteiger partial charge in [-0.3, -0.25) is 4.98 Å². The number of nitrogens with zero attached hydrogens (tertiary/aromatic N) is 1. The number of hydrogen-bond acceptors (Lipinski definition) is 6. The maximum atomic E-state index is 12.1. The molecule has 1 fully saturated rings. The molecule has 1 aromatic rings. The summed E-state index contributed by atoms with van der Waals surface area (Å²) in [4.78, 5) is 15.0. The number of carbonyl (C=O) groups excluding carboxylic acids is 1. The number of aliphatic hydroxyl groups is 1. The summed E-state index contributed by atoms with van der Waals surface area (Å²) in [6.07, 6.45) is 2.68. The topological polar surface area (TPSA) is 106 Å². The van der Waals surface area contributed by atoms with Crippen molar-refractivity contribution in [2.24, 2.45) is 0 Å². The molecule has 0 aromatic carbocycles. The van der Waals surface area contributed by atoms with Crippen molar-refractivity contribution in [3.8, 4) is 0 Å². The molecular weight excluding hydrogens is 272 g/mol. The number of methoxy groups -OCH3 is 1. The third kappa shape index (κ3) is 2.91. The van der Waals surface area contributed by atoms with Crippen LogP contribution in [-0.4, -0.2) is 43.7 Å². The van der Waals surface area contributed by atoms with Crippen LogP contribution < -0.4 is 4.72 Å². The fourth-order valence-corrected chi connectivity index (χ4v) is 3.24. The largest absolute Gasteiger partial charge is 0.465 e. The fraction of sp³-hybridized carbons (Fsp3) is 0.455. The van der Waals surface area contributed by atoms with Crippen molar-refractivity contribution in [2.75, 3.05) is 7.11 Å². The second kappa shape index (κ2) is 5.24. The molecule has 1 heterocycles. The van der Waals surface area contributed by atoms with E-state index in [1.807, 2.05) is 0 Å². The van der Waals surface area contributed by atoms with Crippen LogP contribution in [0.5, 0.6) is 0 Å². The van der Waals surface area contributed by atoms with E-state index in [9.17, 15) is 13.2 Å². The highest BCUT2D eigenvalue weighted by atomic mass is 32.2. The van der Waals surface area contributed by atoms with E-state index in [1.54, 1.807) is 0 Å². The Morgan fingerprint density at radius 3 is 2.79 bits per heavy atom. The Hall–Kier alpha value is -1.51. The van der Waals surface area contributed by atoms with Crippen LogP contribution in [0.2, 0.25) is 0 Å². The highest BCUT2D eigenvalue weighted by Gasteiger charge is 2.33. The summed E-state index contributed by atoms with van der Waals surface area (Å²) in [6.45, 7) is 0. The van der Waals surface area contributed by atoms with Crippen LogP contribution in [-0.2, 0) is 14.8 Å². The van der Waals surface area contributed by atoms with E-state index in [2.05, 4.69) is 14.4 Å². The van der Waals surface area contributed by atoms with Crippen molar-refractivity contribution in [1.29, 1.82) is 0 Å². The first kappa shape index (κ1) is 13.9. The summed E-state index contributed by atoms with van der Waals surface area (Å²) >= 11 is 0. The number of carbonyl (C=O) groups is 1. The summed E-state index contributed by atoms with van der Waals surface area (Å²) in [5, 5.41) is 9.15. The molecule has 0 bridgehead atoms. The number of hydrogen-bond donors (Lipinski definition) is 2. The van der Waals surface area contributed by atoms with Gasteiger partial charge in [0.05, 0.1) is 18.8 Å². The smallest absolute Gasteiger partial charge is 0.339 e. The summed E-state index contributed by atoms with van der Waals surface area (Å²) in [5.41, 5.74) is -0.0649. The molecule has 2 N–H and O–H groups in total. The average Bonchev–Trinajstić information content (AvgIpc) is 2.36. The summed E-state index contributed by atoms with van der Waals surface area (Å²) in [6, 6.07) is 0.974. The molecule has 0 amide bonds. The molecule has 0 spiro atoms. The molecule has 1 saturated carbocycles. The minimum atomic E-state index is -3.85. The van der Waals surface area contributed by atoms with E-state index >= 15 is 0 Å². The van der Waals surface area contributed by atoms with Gasteiger partial charge in [-0.2, -0.15) is 0 Å². The predicted molar refractivity (Wildman–Crippen MR) is 64.9 cm³/mol. The molecule has 1 aliphatic rings. The van der Waals surface area contributed by atoms with Gasteiger partial charge < -0.3 is 9.84 Å². The minimum Gasteiger partial charge on any atom is -0.465 e. The molecule has 19 heavy (non-hydrogen) atoms. The number of sulfonamides is 1. The van der Waals surface area contributed by atoms with Crippen LogP contribution in [0.1, 0.15) is 23.2 Å². The maximum Gasteiger partial charge on any atom is 0.339 e. The van der Waals surface area contributed by atoms with Crippen LogP contribution in [0.4, 0.5) is 0 Å². The van der Waals surface area contributed by atoms with Gasteiger partial charge in [-0.15, -0.1) is 0 Å². The first-order valence-corrected chi connectivity index (χ1v) is 7.15. The summed E-state index contributed by atoms with van der Waals surface area (Å²) in [7, 11) is -2.68. The van der Waals surface area contributed by atoms with Gasteiger partial charge in [-0.05, 0) is 18.9 Å². The Balaban J connectivity index is 2.27. The Labute approximate surface area is 110 Å². The lowest BCUT2D eigenvalue weighted by Gasteiger charge is -2.31. The monoisotopic (exact) mass is 286 g/mol. The third-order valence-corrected chi connectivity index (χ3v) is 4.46. The molecule has 0 aliphatic heterocycles. The van der Waals surface area contributed by atoms with Crippen LogP contribution in [0.25, 0.3) is 0 Å². The van der Waals surface area contributed by atoms with Crippen molar-refractivity contribution in [1.82, 2.24) is 9.71 Å². The quantitative estimate of drug-likeness (QED) is 0.734. The highest BCUT2D eigenvalue weighted by molar-refractivity contribution is 7.89. The summed E-state index contributed by atoms with van der Waals surface area (Å²) in [5.74, 6) is -0.739. The lowest BCUT2D eigenvalue weighted by Crippen LogP contribution is -2.46. The number of esters is 1. The number of pyridine rings is 1. The van der Waals surface area contributed by atoms with E-state index in [4.69, 9.17) is 5.11 Å². The minimum absolute atomic E-state index is 0.0649. The van der Waals surface area contributed by atoms with Gasteiger partial charge in [0.25, 0.3) is 0 Å². The third-order valence-electron chi connectivity index (χ3n) is 2.91. The number of rotatable bonds is 4. The molecule has 7 nitrogen and oxygen atoms in total. The lowest BCUT2D eigenvalue weighted by atomic mass is 9.91. The van der Waals surface area contributed by atoms with Gasteiger partial charge in [0, 0.05) is 18.4 Å². The fourth-order valence-electron chi connectivity index (χ4n) is 1.84. The molecule has 0 atom stereocenters. The molecule has 0 saturated heterocycles. The number of ether oxygens (including phenoxy) is 1. The first-order chi connectivity index (χ1) is 8.94. The predicted octanol–water partition coefficient (Wildman–Crippen LogP) is -0.330. The van der Waals surface area contributed by atoms with Gasteiger partial charge >= 0.3 is 5.97 Å².